The monoisotopic (exact) mass is 371 g/mol. The lowest BCUT2D eigenvalue weighted by atomic mass is 10.1. The van der Waals surface area contributed by atoms with E-state index in [-0.39, 0.29) is 18.6 Å². The second-order valence-electron chi connectivity index (χ2n) is 5.80. The van der Waals surface area contributed by atoms with Gasteiger partial charge >= 0.3 is 5.97 Å². The van der Waals surface area contributed by atoms with Crippen molar-refractivity contribution in [3.05, 3.63) is 59.7 Å². The number of carbonyl (C=O) groups is 2. The minimum absolute atomic E-state index is 0.174. The first-order valence-corrected chi connectivity index (χ1v) is 8.96. The smallest absolute Gasteiger partial charge is 0.338 e. The van der Waals surface area contributed by atoms with E-state index in [1.807, 2.05) is 51.1 Å². The van der Waals surface area contributed by atoms with Crippen LogP contribution in [0.15, 0.2) is 48.5 Å². The zero-order valence-electron chi connectivity index (χ0n) is 15.9. The lowest BCUT2D eigenvalue weighted by Crippen LogP contribution is -2.31. The van der Waals surface area contributed by atoms with Crippen LogP contribution in [0.4, 0.5) is 0 Å². The third-order valence-electron chi connectivity index (χ3n) is 3.79. The third kappa shape index (κ3) is 6.02. The van der Waals surface area contributed by atoms with Crippen molar-refractivity contribution in [3.8, 4) is 11.5 Å². The second-order valence-corrected chi connectivity index (χ2v) is 5.80. The highest BCUT2D eigenvalue weighted by Gasteiger charge is 2.15. The van der Waals surface area contributed by atoms with Gasteiger partial charge in [-0.05, 0) is 44.5 Å². The molecule has 0 aliphatic carbocycles. The molecule has 0 unspecified atom stereocenters. The van der Waals surface area contributed by atoms with Crippen LogP contribution in [-0.2, 0) is 9.53 Å². The minimum atomic E-state index is -0.596. The molecule has 1 N–H and O–H groups in total. The molecule has 2 rings (SSSR count). The third-order valence-corrected chi connectivity index (χ3v) is 3.79. The fraction of sp³-hybridized carbons (Fsp3) is 0.333. The Balaban J connectivity index is 1.92. The lowest BCUT2D eigenvalue weighted by Gasteiger charge is -2.15. The van der Waals surface area contributed by atoms with E-state index in [4.69, 9.17) is 14.2 Å². The fourth-order valence-electron chi connectivity index (χ4n) is 2.50. The van der Waals surface area contributed by atoms with E-state index in [1.54, 1.807) is 18.2 Å². The average Bonchev–Trinajstić information content (AvgIpc) is 2.68. The molecule has 1 atom stereocenters. The van der Waals surface area contributed by atoms with Gasteiger partial charge in [0, 0.05) is 0 Å². The van der Waals surface area contributed by atoms with Crippen LogP contribution in [0, 0.1) is 0 Å². The van der Waals surface area contributed by atoms with Crippen LogP contribution in [0.25, 0.3) is 0 Å². The molecule has 0 aliphatic rings. The Hall–Kier alpha value is -3.02. The molecule has 144 valence electrons. The fourth-order valence-corrected chi connectivity index (χ4v) is 2.50. The van der Waals surface area contributed by atoms with E-state index in [0.29, 0.717) is 30.3 Å². The first-order valence-electron chi connectivity index (χ1n) is 8.96. The van der Waals surface area contributed by atoms with Crippen LogP contribution in [0.1, 0.15) is 42.7 Å². The Morgan fingerprint density at radius 2 is 1.63 bits per heavy atom. The maximum absolute atomic E-state index is 12.2. The van der Waals surface area contributed by atoms with E-state index < -0.39 is 5.97 Å². The Morgan fingerprint density at radius 1 is 0.963 bits per heavy atom. The zero-order valence-corrected chi connectivity index (χ0v) is 15.9. The summed E-state index contributed by atoms with van der Waals surface area (Å²) in [6.45, 7) is 6.16. The molecular formula is C21H25NO5. The van der Waals surface area contributed by atoms with Crippen molar-refractivity contribution in [2.24, 2.45) is 0 Å². The van der Waals surface area contributed by atoms with Crippen molar-refractivity contribution in [3.63, 3.8) is 0 Å². The maximum atomic E-state index is 12.2. The van der Waals surface area contributed by atoms with Crippen molar-refractivity contribution < 1.29 is 23.8 Å². The molecule has 6 nitrogen and oxygen atoms in total. The Morgan fingerprint density at radius 3 is 2.30 bits per heavy atom. The molecule has 2 aromatic rings. The summed E-state index contributed by atoms with van der Waals surface area (Å²) in [6, 6.07) is 14.2. The molecule has 0 saturated heterocycles. The Labute approximate surface area is 159 Å². The topological polar surface area (TPSA) is 73.9 Å². The SMILES string of the molecule is CCOc1ccc(C(=O)OCC(=O)N[C@H](C)c2ccccc2)cc1OCC. The van der Waals surface area contributed by atoms with E-state index in [0.717, 1.165) is 5.56 Å². The van der Waals surface area contributed by atoms with Gasteiger partial charge in [0.1, 0.15) is 0 Å². The van der Waals surface area contributed by atoms with Crippen LogP contribution in [0.2, 0.25) is 0 Å². The van der Waals surface area contributed by atoms with Crippen LogP contribution >= 0.6 is 0 Å². The maximum Gasteiger partial charge on any atom is 0.338 e. The standard InChI is InChI=1S/C21H25NO5/c1-4-25-18-12-11-17(13-19(18)26-5-2)21(24)27-14-20(23)22-15(3)16-9-7-6-8-10-16/h6-13,15H,4-5,14H2,1-3H3,(H,22,23)/t15-/m1/s1. The second kappa shape index (κ2) is 10.2. The van der Waals surface area contributed by atoms with Gasteiger partial charge in [0.25, 0.3) is 5.91 Å². The van der Waals surface area contributed by atoms with Gasteiger partial charge in [0.2, 0.25) is 0 Å². The molecule has 0 bridgehead atoms. The van der Waals surface area contributed by atoms with Crippen LogP contribution in [-0.4, -0.2) is 31.7 Å². The molecule has 0 heterocycles. The van der Waals surface area contributed by atoms with Gasteiger partial charge in [-0.25, -0.2) is 4.79 Å². The summed E-state index contributed by atoms with van der Waals surface area (Å²) in [5.74, 6) is 0.0680. The normalized spacial score (nSPS) is 11.4. The van der Waals surface area contributed by atoms with Gasteiger partial charge in [-0.3, -0.25) is 4.79 Å². The van der Waals surface area contributed by atoms with Crippen LogP contribution in [0.5, 0.6) is 11.5 Å². The van der Waals surface area contributed by atoms with Gasteiger partial charge in [0.05, 0.1) is 24.8 Å². The highest BCUT2D eigenvalue weighted by atomic mass is 16.5. The number of ether oxygens (including phenoxy) is 3. The average molecular weight is 371 g/mol. The molecule has 6 heteroatoms. The number of nitrogens with one attached hydrogen (secondary N) is 1. The Bertz CT molecular complexity index is 760. The van der Waals surface area contributed by atoms with Crippen molar-refractivity contribution in [1.82, 2.24) is 5.32 Å². The highest BCUT2D eigenvalue weighted by molar-refractivity contribution is 5.92. The van der Waals surface area contributed by atoms with Crippen molar-refractivity contribution >= 4 is 11.9 Å². The molecule has 27 heavy (non-hydrogen) atoms. The number of hydrogen-bond donors (Lipinski definition) is 1. The van der Waals surface area contributed by atoms with Gasteiger partial charge in [-0.15, -0.1) is 0 Å². The summed E-state index contributed by atoms with van der Waals surface area (Å²) >= 11 is 0. The summed E-state index contributed by atoms with van der Waals surface area (Å²) in [4.78, 5) is 24.3. The first-order chi connectivity index (χ1) is 13.0. The van der Waals surface area contributed by atoms with Gasteiger partial charge in [0.15, 0.2) is 18.1 Å². The quantitative estimate of drug-likeness (QED) is 0.683. The van der Waals surface area contributed by atoms with E-state index in [1.165, 1.54) is 0 Å². The number of hydrogen-bond acceptors (Lipinski definition) is 5. The van der Waals surface area contributed by atoms with Crippen LogP contribution < -0.4 is 14.8 Å². The Kier molecular flexibility index (Phi) is 7.67. The molecule has 1 amide bonds. The summed E-state index contributed by atoms with van der Waals surface area (Å²) in [5.41, 5.74) is 1.27. The van der Waals surface area contributed by atoms with Crippen LogP contribution in [0.3, 0.4) is 0 Å². The van der Waals surface area contributed by atoms with Crippen molar-refractivity contribution in [1.29, 1.82) is 0 Å². The molecule has 2 aromatic carbocycles. The lowest BCUT2D eigenvalue weighted by molar-refractivity contribution is -0.124. The number of amides is 1. The predicted octanol–water partition coefficient (Wildman–Crippen LogP) is 3.52. The summed E-state index contributed by atoms with van der Waals surface area (Å²) < 4.78 is 16.1. The van der Waals surface area contributed by atoms with E-state index in [9.17, 15) is 9.59 Å². The largest absolute Gasteiger partial charge is 0.490 e. The number of carbonyl (C=O) groups excluding carboxylic acids is 2. The molecule has 0 aliphatic heterocycles. The summed E-state index contributed by atoms with van der Waals surface area (Å²) in [5, 5.41) is 2.80. The molecule has 0 fully saturated rings. The number of esters is 1. The van der Waals surface area contributed by atoms with Gasteiger partial charge < -0.3 is 19.5 Å². The molecule has 0 radical (unpaired) electrons. The van der Waals surface area contributed by atoms with Crippen molar-refractivity contribution in [2.75, 3.05) is 19.8 Å². The molecule has 0 saturated carbocycles. The summed E-state index contributed by atoms with van der Waals surface area (Å²) in [6.07, 6.45) is 0. The summed E-state index contributed by atoms with van der Waals surface area (Å²) in [7, 11) is 0. The molecular weight excluding hydrogens is 346 g/mol. The van der Waals surface area contributed by atoms with Crippen molar-refractivity contribution in [2.45, 2.75) is 26.8 Å². The molecule has 0 spiro atoms. The number of benzene rings is 2. The van der Waals surface area contributed by atoms with Gasteiger partial charge in [-0.1, -0.05) is 30.3 Å². The number of rotatable bonds is 9. The first kappa shape index (κ1) is 20.3. The van der Waals surface area contributed by atoms with Gasteiger partial charge in [-0.2, -0.15) is 0 Å². The highest BCUT2D eigenvalue weighted by Crippen LogP contribution is 2.28. The minimum Gasteiger partial charge on any atom is -0.490 e. The molecule has 0 aromatic heterocycles. The van der Waals surface area contributed by atoms with E-state index >= 15 is 0 Å². The van der Waals surface area contributed by atoms with E-state index in [2.05, 4.69) is 5.32 Å². The zero-order chi connectivity index (χ0) is 19.6. The predicted molar refractivity (Wildman–Crippen MR) is 102 cm³/mol.